The van der Waals surface area contributed by atoms with Crippen LogP contribution in [0.15, 0.2) is 28.4 Å². The molecule has 98 valence electrons. The fraction of sp³-hybridized carbons (Fsp3) is 0.167. The maximum atomic E-state index is 6.00. The standard InChI is InChI=1S/C12H11Cl2N5/c1-6-11(7(2)17-12(15)16-6)19-18-10-5-8(13)3-4-9(10)14/h3-5H,1-2H3,(H2,15,16,17). The molecule has 19 heavy (non-hydrogen) atoms. The number of rotatable bonds is 2. The third-order valence-corrected chi connectivity index (χ3v) is 2.97. The molecule has 0 saturated carbocycles. The molecule has 2 aromatic rings. The first-order chi connectivity index (χ1) is 8.97. The molecule has 0 spiro atoms. The van der Waals surface area contributed by atoms with Crippen molar-refractivity contribution in [2.75, 3.05) is 5.73 Å². The Labute approximate surface area is 120 Å². The summed E-state index contributed by atoms with van der Waals surface area (Å²) in [7, 11) is 0. The minimum Gasteiger partial charge on any atom is -0.368 e. The maximum Gasteiger partial charge on any atom is 0.220 e. The van der Waals surface area contributed by atoms with Crippen LogP contribution in [-0.4, -0.2) is 9.97 Å². The fourth-order valence-electron chi connectivity index (χ4n) is 1.55. The molecule has 0 bridgehead atoms. The summed E-state index contributed by atoms with van der Waals surface area (Å²) in [6.45, 7) is 3.58. The number of nitrogens with zero attached hydrogens (tertiary/aromatic N) is 4. The van der Waals surface area contributed by atoms with Gasteiger partial charge in [-0.3, -0.25) is 0 Å². The zero-order valence-electron chi connectivity index (χ0n) is 10.4. The number of nitrogen functional groups attached to an aromatic ring is 1. The second-order valence-electron chi connectivity index (χ2n) is 3.90. The Hall–Kier alpha value is -1.72. The normalized spacial score (nSPS) is 11.2. The SMILES string of the molecule is Cc1nc(N)nc(C)c1N=Nc1cc(Cl)ccc1Cl. The molecule has 0 fully saturated rings. The van der Waals surface area contributed by atoms with E-state index >= 15 is 0 Å². The monoisotopic (exact) mass is 295 g/mol. The van der Waals surface area contributed by atoms with Crippen LogP contribution >= 0.6 is 23.2 Å². The van der Waals surface area contributed by atoms with E-state index in [1.165, 1.54) is 0 Å². The Morgan fingerprint density at radius 2 is 1.68 bits per heavy atom. The Bertz CT molecular complexity index is 632. The van der Waals surface area contributed by atoms with Crippen molar-refractivity contribution < 1.29 is 0 Å². The molecule has 1 aromatic heterocycles. The molecule has 1 heterocycles. The molecular weight excluding hydrogens is 285 g/mol. The highest BCUT2D eigenvalue weighted by Gasteiger charge is 2.07. The van der Waals surface area contributed by atoms with Crippen LogP contribution in [0.1, 0.15) is 11.4 Å². The third-order valence-electron chi connectivity index (χ3n) is 2.42. The molecule has 0 atom stereocenters. The molecule has 0 aliphatic carbocycles. The predicted molar refractivity (Wildman–Crippen MR) is 76.6 cm³/mol. The molecule has 0 aliphatic rings. The second kappa shape index (κ2) is 5.50. The number of aryl methyl sites for hydroxylation is 2. The number of aromatic nitrogens is 2. The maximum absolute atomic E-state index is 6.00. The van der Waals surface area contributed by atoms with Crippen molar-refractivity contribution in [3.8, 4) is 0 Å². The van der Waals surface area contributed by atoms with E-state index in [1.54, 1.807) is 32.0 Å². The number of benzene rings is 1. The van der Waals surface area contributed by atoms with E-state index in [1.807, 2.05) is 0 Å². The second-order valence-corrected chi connectivity index (χ2v) is 4.74. The lowest BCUT2D eigenvalue weighted by Gasteiger charge is -2.03. The van der Waals surface area contributed by atoms with Crippen molar-refractivity contribution in [2.45, 2.75) is 13.8 Å². The van der Waals surface area contributed by atoms with Gasteiger partial charge in [-0.1, -0.05) is 23.2 Å². The van der Waals surface area contributed by atoms with Crippen molar-refractivity contribution in [2.24, 2.45) is 10.2 Å². The van der Waals surface area contributed by atoms with E-state index in [0.717, 1.165) is 0 Å². The number of nitrogens with two attached hydrogens (primary N) is 1. The summed E-state index contributed by atoms with van der Waals surface area (Å²) in [5.74, 6) is 0.217. The molecule has 2 N–H and O–H groups in total. The van der Waals surface area contributed by atoms with E-state index in [4.69, 9.17) is 28.9 Å². The van der Waals surface area contributed by atoms with Crippen LogP contribution in [0.25, 0.3) is 0 Å². The van der Waals surface area contributed by atoms with Gasteiger partial charge < -0.3 is 5.73 Å². The van der Waals surface area contributed by atoms with E-state index < -0.39 is 0 Å². The molecule has 0 radical (unpaired) electrons. The number of anilines is 1. The predicted octanol–water partition coefficient (Wildman–Crippen LogP) is 4.40. The van der Waals surface area contributed by atoms with Crippen molar-refractivity contribution in [3.05, 3.63) is 39.6 Å². The van der Waals surface area contributed by atoms with Crippen LogP contribution in [0.5, 0.6) is 0 Å². The average Bonchev–Trinajstić information content (AvgIpc) is 2.32. The smallest absolute Gasteiger partial charge is 0.220 e. The average molecular weight is 296 g/mol. The Kier molecular flexibility index (Phi) is 3.97. The molecule has 2 rings (SSSR count). The summed E-state index contributed by atoms with van der Waals surface area (Å²) < 4.78 is 0. The van der Waals surface area contributed by atoms with Gasteiger partial charge in [0.1, 0.15) is 11.4 Å². The number of azo groups is 1. The van der Waals surface area contributed by atoms with Gasteiger partial charge in [-0.05, 0) is 32.0 Å². The first kappa shape index (κ1) is 13.7. The summed E-state index contributed by atoms with van der Waals surface area (Å²) in [6, 6.07) is 4.99. The van der Waals surface area contributed by atoms with Crippen LogP contribution in [0.3, 0.4) is 0 Å². The lowest BCUT2D eigenvalue weighted by atomic mass is 10.3. The first-order valence-electron chi connectivity index (χ1n) is 5.45. The zero-order chi connectivity index (χ0) is 14.0. The lowest BCUT2D eigenvalue weighted by molar-refractivity contribution is 1.04. The highest BCUT2D eigenvalue weighted by molar-refractivity contribution is 6.35. The summed E-state index contributed by atoms with van der Waals surface area (Å²) in [5, 5.41) is 9.21. The summed E-state index contributed by atoms with van der Waals surface area (Å²) in [4.78, 5) is 8.08. The van der Waals surface area contributed by atoms with Crippen LogP contribution in [0.2, 0.25) is 10.0 Å². The van der Waals surface area contributed by atoms with Gasteiger partial charge in [0.2, 0.25) is 5.95 Å². The summed E-state index contributed by atoms with van der Waals surface area (Å²) in [6.07, 6.45) is 0. The molecule has 0 unspecified atom stereocenters. The van der Waals surface area contributed by atoms with E-state index in [-0.39, 0.29) is 5.95 Å². The summed E-state index contributed by atoms with van der Waals surface area (Å²) >= 11 is 11.9. The summed E-state index contributed by atoms with van der Waals surface area (Å²) in [5.41, 5.74) is 7.93. The van der Waals surface area contributed by atoms with Gasteiger partial charge >= 0.3 is 0 Å². The Balaban J connectivity index is 2.41. The number of hydrogen-bond donors (Lipinski definition) is 1. The molecule has 0 aliphatic heterocycles. The van der Waals surface area contributed by atoms with Crippen molar-refractivity contribution in [1.29, 1.82) is 0 Å². The topological polar surface area (TPSA) is 76.5 Å². The van der Waals surface area contributed by atoms with Crippen molar-refractivity contribution >= 4 is 40.5 Å². The van der Waals surface area contributed by atoms with Crippen LogP contribution in [-0.2, 0) is 0 Å². The van der Waals surface area contributed by atoms with Gasteiger partial charge in [0.05, 0.1) is 16.4 Å². The van der Waals surface area contributed by atoms with Gasteiger partial charge in [0.15, 0.2) is 0 Å². The van der Waals surface area contributed by atoms with E-state index in [2.05, 4.69) is 20.2 Å². The van der Waals surface area contributed by atoms with Crippen LogP contribution < -0.4 is 5.73 Å². The van der Waals surface area contributed by atoms with Gasteiger partial charge in [0, 0.05) is 5.02 Å². The van der Waals surface area contributed by atoms with Crippen LogP contribution in [0, 0.1) is 13.8 Å². The van der Waals surface area contributed by atoms with E-state index in [9.17, 15) is 0 Å². The molecule has 1 aromatic carbocycles. The van der Waals surface area contributed by atoms with Crippen LogP contribution in [0.4, 0.5) is 17.3 Å². The molecule has 5 nitrogen and oxygen atoms in total. The van der Waals surface area contributed by atoms with E-state index in [0.29, 0.717) is 32.8 Å². The number of halogens is 2. The molecule has 0 amide bonds. The molecule has 7 heteroatoms. The minimum absolute atomic E-state index is 0.217. The Morgan fingerprint density at radius 3 is 2.32 bits per heavy atom. The van der Waals surface area contributed by atoms with Gasteiger partial charge in [-0.25, -0.2) is 9.97 Å². The Morgan fingerprint density at radius 1 is 1.05 bits per heavy atom. The number of hydrogen-bond acceptors (Lipinski definition) is 5. The minimum atomic E-state index is 0.217. The quantitative estimate of drug-likeness (QED) is 0.834. The lowest BCUT2D eigenvalue weighted by Crippen LogP contribution is -1.98. The largest absolute Gasteiger partial charge is 0.368 e. The molecular formula is C12H11Cl2N5. The van der Waals surface area contributed by atoms with Gasteiger partial charge in [0.25, 0.3) is 0 Å². The van der Waals surface area contributed by atoms with Gasteiger partial charge in [-0.15, -0.1) is 10.2 Å². The highest BCUT2D eigenvalue weighted by Crippen LogP contribution is 2.30. The molecule has 0 saturated heterocycles. The first-order valence-corrected chi connectivity index (χ1v) is 6.20. The van der Waals surface area contributed by atoms with Crippen molar-refractivity contribution in [3.63, 3.8) is 0 Å². The highest BCUT2D eigenvalue weighted by atomic mass is 35.5. The van der Waals surface area contributed by atoms with Crippen molar-refractivity contribution in [1.82, 2.24) is 9.97 Å². The zero-order valence-corrected chi connectivity index (χ0v) is 11.9. The third kappa shape index (κ3) is 3.19. The fourth-order valence-corrected chi connectivity index (χ4v) is 1.87. The van der Waals surface area contributed by atoms with Gasteiger partial charge in [-0.2, -0.15) is 0 Å².